The van der Waals surface area contributed by atoms with E-state index in [-0.39, 0.29) is 31.1 Å². The van der Waals surface area contributed by atoms with E-state index in [0.717, 1.165) is 0 Å². The Balaban J connectivity index is 2.38. The summed E-state index contributed by atoms with van der Waals surface area (Å²) in [5.74, 6) is -0.292. The summed E-state index contributed by atoms with van der Waals surface area (Å²) in [7, 11) is 0. The Hall–Kier alpha value is -1.34. The number of hydrogen-bond acceptors (Lipinski definition) is 3. The van der Waals surface area contributed by atoms with Crippen molar-refractivity contribution in [2.24, 2.45) is 5.73 Å². The molecule has 102 valence electrons. The predicted octanol–water partition coefficient (Wildman–Crippen LogP) is 2.24. The van der Waals surface area contributed by atoms with Crippen molar-refractivity contribution in [3.8, 4) is 5.75 Å². The zero-order valence-corrected chi connectivity index (χ0v) is 9.47. The van der Waals surface area contributed by atoms with Gasteiger partial charge in [0.25, 0.3) is 0 Å². The van der Waals surface area contributed by atoms with Crippen LogP contribution in [0.5, 0.6) is 5.75 Å². The van der Waals surface area contributed by atoms with Crippen molar-refractivity contribution in [3.63, 3.8) is 0 Å². The SMILES string of the molecule is NCc1c(F)cccc1OCCOCC(F)(F)F. The van der Waals surface area contributed by atoms with E-state index in [1.807, 2.05) is 0 Å². The van der Waals surface area contributed by atoms with Crippen molar-refractivity contribution in [2.45, 2.75) is 12.7 Å². The second-order valence-corrected chi connectivity index (χ2v) is 3.44. The third-order valence-corrected chi connectivity index (χ3v) is 2.03. The number of benzene rings is 1. The average molecular weight is 267 g/mol. The Morgan fingerprint density at radius 2 is 1.89 bits per heavy atom. The van der Waals surface area contributed by atoms with Gasteiger partial charge in [0, 0.05) is 12.1 Å². The summed E-state index contributed by atoms with van der Waals surface area (Å²) in [5.41, 5.74) is 5.53. The third kappa shape index (κ3) is 4.89. The topological polar surface area (TPSA) is 44.5 Å². The summed E-state index contributed by atoms with van der Waals surface area (Å²) in [6, 6.07) is 4.16. The van der Waals surface area contributed by atoms with E-state index >= 15 is 0 Å². The molecule has 0 amide bonds. The van der Waals surface area contributed by atoms with Gasteiger partial charge in [0.15, 0.2) is 0 Å². The monoisotopic (exact) mass is 267 g/mol. The molecular weight excluding hydrogens is 254 g/mol. The standard InChI is InChI=1S/C11H13F4NO2/c12-9-2-1-3-10(8(9)6-16)18-5-4-17-7-11(13,14)15/h1-3H,4-7,16H2. The molecule has 0 aliphatic carbocycles. The summed E-state index contributed by atoms with van der Waals surface area (Å²) in [5, 5.41) is 0. The zero-order valence-electron chi connectivity index (χ0n) is 9.47. The molecular formula is C11H13F4NO2. The lowest BCUT2D eigenvalue weighted by Gasteiger charge is -2.11. The first kappa shape index (κ1) is 14.7. The van der Waals surface area contributed by atoms with Crippen LogP contribution in [0.1, 0.15) is 5.56 Å². The maximum Gasteiger partial charge on any atom is 0.411 e. The number of alkyl halides is 3. The number of ether oxygens (including phenoxy) is 2. The van der Waals surface area contributed by atoms with E-state index in [4.69, 9.17) is 10.5 Å². The molecule has 0 aliphatic heterocycles. The van der Waals surface area contributed by atoms with E-state index < -0.39 is 18.6 Å². The molecule has 0 radical (unpaired) electrons. The highest BCUT2D eigenvalue weighted by Crippen LogP contribution is 2.20. The fourth-order valence-corrected chi connectivity index (χ4v) is 1.27. The third-order valence-electron chi connectivity index (χ3n) is 2.03. The Labute approximate surface area is 101 Å². The number of halogens is 4. The molecule has 0 unspecified atom stereocenters. The smallest absolute Gasteiger partial charge is 0.411 e. The lowest BCUT2D eigenvalue weighted by atomic mass is 10.2. The first-order valence-electron chi connectivity index (χ1n) is 5.19. The molecule has 1 rings (SSSR count). The van der Waals surface area contributed by atoms with Crippen LogP contribution in [0.15, 0.2) is 18.2 Å². The van der Waals surface area contributed by atoms with Crippen LogP contribution in [0.4, 0.5) is 17.6 Å². The minimum Gasteiger partial charge on any atom is -0.491 e. The van der Waals surface area contributed by atoms with Gasteiger partial charge < -0.3 is 15.2 Å². The van der Waals surface area contributed by atoms with Crippen LogP contribution in [-0.2, 0) is 11.3 Å². The van der Waals surface area contributed by atoms with E-state index in [0.29, 0.717) is 0 Å². The molecule has 1 aromatic rings. The Morgan fingerprint density at radius 1 is 1.17 bits per heavy atom. The van der Waals surface area contributed by atoms with Gasteiger partial charge in [-0.1, -0.05) is 6.07 Å². The van der Waals surface area contributed by atoms with Gasteiger partial charge in [0.2, 0.25) is 0 Å². The molecule has 0 saturated heterocycles. The molecule has 0 bridgehead atoms. The highest BCUT2D eigenvalue weighted by molar-refractivity contribution is 5.34. The molecule has 3 nitrogen and oxygen atoms in total. The lowest BCUT2D eigenvalue weighted by Crippen LogP contribution is -2.19. The lowest BCUT2D eigenvalue weighted by molar-refractivity contribution is -0.175. The largest absolute Gasteiger partial charge is 0.491 e. The van der Waals surface area contributed by atoms with Crippen molar-refractivity contribution < 1.29 is 27.0 Å². The average Bonchev–Trinajstić information content (AvgIpc) is 2.27. The fourth-order valence-electron chi connectivity index (χ4n) is 1.27. The van der Waals surface area contributed by atoms with Gasteiger partial charge in [0.1, 0.15) is 24.8 Å². The van der Waals surface area contributed by atoms with Gasteiger partial charge in [-0.2, -0.15) is 13.2 Å². The number of rotatable bonds is 6. The van der Waals surface area contributed by atoms with Crippen LogP contribution < -0.4 is 10.5 Å². The number of hydrogen-bond donors (Lipinski definition) is 1. The normalized spacial score (nSPS) is 11.6. The van der Waals surface area contributed by atoms with Crippen molar-refractivity contribution in [1.29, 1.82) is 0 Å². The highest BCUT2D eigenvalue weighted by atomic mass is 19.4. The molecule has 2 N–H and O–H groups in total. The van der Waals surface area contributed by atoms with Crippen molar-refractivity contribution >= 4 is 0 Å². The van der Waals surface area contributed by atoms with Crippen LogP contribution in [-0.4, -0.2) is 26.0 Å². The van der Waals surface area contributed by atoms with E-state index in [1.165, 1.54) is 18.2 Å². The van der Waals surface area contributed by atoms with E-state index in [1.54, 1.807) is 0 Å². The molecule has 18 heavy (non-hydrogen) atoms. The minimum atomic E-state index is -4.36. The highest BCUT2D eigenvalue weighted by Gasteiger charge is 2.27. The van der Waals surface area contributed by atoms with Crippen LogP contribution in [0.2, 0.25) is 0 Å². The molecule has 0 aromatic heterocycles. The van der Waals surface area contributed by atoms with Gasteiger partial charge in [-0.05, 0) is 12.1 Å². The molecule has 0 spiro atoms. The molecule has 0 fully saturated rings. The van der Waals surface area contributed by atoms with E-state index in [9.17, 15) is 17.6 Å². The van der Waals surface area contributed by atoms with E-state index in [2.05, 4.69) is 4.74 Å². The van der Waals surface area contributed by atoms with Crippen LogP contribution in [0, 0.1) is 5.82 Å². The minimum absolute atomic E-state index is 0.0502. The second kappa shape index (κ2) is 6.55. The Morgan fingerprint density at radius 3 is 2.50 bits per heavy atom. The molecule has 7 heteroatoms. The predicted molar refractivity (Wildman–Crippen MR) is 56.7 cm³/mol. The van der Waals surface area contributed by atoms with Gasteiger partial charge >= 0.3 is 6.18 Å². The zero-order chi connectivity index (χ0) is 13.6. The van der Waals surface area contributed by atoms with Crippen LogP contribution >= 0.6 is 0 Å². The number of nitrogens with two attached hydrogens (primary N) is 1. The summed E-state index contributed by atoms with van der Waals surface area (Å²) in [6.07, 6.45) is -4.36. The van der Waals surface area contributed by atoms with Gasteiger partial charge in [0.05, 0.1) is 6.61 Å². The summed E-state index contributed by atoms with van der Waals surface area (Å²) >= 11 is 0. The molecule has 0 atom stereocenters. The summed E-state index contributed by atoms with van der Waals surface area (Å²) < 4.78 is 57.9. The maximum absolute atomic E-state index is 13.2. The van der Waals surface area contributed by atoms with Gasteiger partial charge in [-0.25, -0.2) is 4.39 Å². The maximum atomic E-state index is 13.2. The Bertz CT molecular complexity index is 382. The summed E-state index contributed by atoms with van der Waals surface area (Å²) in [4.78, 5) is 0. The second-order valence-electron chi connectivity index (χ2n) is 3.44. The quantitative estimate of drug-likeness (QED) is 0.635. The van der Waals surface area contributed by atoms with Crippen molar-refractivity contribution in [2.75, 3.05) is 19.8 Å². The molecule has 0 heterocycles. The van der Waals surface area contributed by atoms with Crippen LogP contribution in [0.25, 0.3) is 0 Å². The molecule has 0 saturated carbocycles. The van der Waals surface area contributed by atoms with Crippen molar-refractivity contribution in [3.05, 3.63) is 29.6 Å². The first-order chi connectivity index (χ1) is 8.44. The van der Waals surface area contributed by atoms with Gasteiger partial charge in [-0.3, -0.25) is 0 Å². The molecule has 1 aromatic carbocycles. The van der Waals surface area contributed by atoms with Crippen molar-refractivity contribution in [1.82, 2.24) is 0 Å². The van der Waals surface area contributed by atoms with Crippen LogP contribution in [0.3, 0.4) is 0 Å². The van der Waals surface area contributed by atoms with Gasteiger partial charge in [-0.15, -0.1) is 0 Å². The molecule has 0 aliphatic rings. The summed E-state index contributed by atoms with van der Waals surface area (Å²) in [6.45, 7) is -1.72. The fraction of sp³-hybridized carbons (Fsp3) is 0.455. The first-order valence-corrected chi connectivity index (χ1v) is 5.19. The Kier molecular flexibility index (Phi) is 5.36.